The molecule has 0 amide bonds. The lowest BCUT2D eigenvalue weighted by Gasteiger charge is -2.08. The second kappa shape index (κ2) is 7.46. The molecule has 0 saturated heterocycles. The first-order valence-corrected chi connectivity index (χ1v) is 6.17. The molecule has 90 valence electrons. The summed E-state index contributed by atoms with van der Waals surface area (Å²) in [6.07, 6.45) is 5.09. The van der Waals surface area contributed by atoms with Gasteiger partial charge in [0, 0.05) is 30.9 Å². The van der Waals surface area contributed by atoms with Gasteiger partial charge in [0.05, 0.1) is 5.69 Å². The van der Waals surface area contributed by atoms with Gasteiger partial charge in [-0.15, -0.1) is 0 Å². The number of anilines is 2. The largest absolute Gasteiger partial charge is 0.396 e. The van der Waals surface area contributed by atoms with E-state index in [1.165, 1.54) is 0 Å². The number of nitrogen functional groups attached to an aromatic ring is 1. The highest BCUT2D eigenvalue weighted by molar-refractivity contribution is 9.10. The number of methoxy groups -OCH3 is 1. The number of aromatic nitrogens is 1. The fourth-order valence-corrected chi connectivity index (χ4v) is 1.71. The first-order chi connectivity index (χ1) is 7.74. The summed E-state index contributed by atoms with van der Waals surface area (Å²) in [4.78, 5) is 4.20. The Labute approximate surface area is 105 Å². The Kier molecular flexibility index (Phi) is 6.18. The Morgan fingerprint density at radius 2 is 2.25 bits per heavy atom. The summed E-state index contributed by atoms with van der Waals surface area (Å²) in [6.45, 7) is 1.72. The van der Waals surface area contributed by atoms with Crippen LogP contribution in [0.3, 0.4) is 0 Å². The minimum atomic E-state index is 0.672. The third kappa shape index (κ3) is 4.81. The van der Waals surface area contributed by atoms with Crippen LogP contribution in [0.25, 0.3) is 0 Å². The van der Waals surface area contributed by atoms with E-state index in [9.17, 15) is 0 Å². The molecule has 0 radical (unpaired) electrons. The van der Waals surface area contributed by atoms with Gasteiger partial charge in [-0.05, 0) is 41.3 Å². The van der Waals surface area contributed by atoms with Crippen molar-refractivity contribution in [2.75, 3.05) is 31.3 Å². The normalized spacial score (nSPS) is 10.4. The van der Waals surface area contributed by atoms with E-state index >= 15 is 0 Å². The van der Waals surface area contributed by atoms with E-state index < -0.39 is 0 Å². The van der Waals surface area contributed by atoms with E-state index in [2.05, 4.69) is 26.2 Å². The van der Waals surface area contributed by atoms with E-state index in [4.69, 9.17) is 10.5 Å². The highest BCUT2D eigenvalue weighted by Gasteiger charge is 2.00. The molecule has 0 aliphatic rings. The lowest BCUT2D eigenvalue weighted by Crippen LogP contribution is -2.06. The van der Waals surface area contributed by atoms with Crippen molar-refractivity contribution in [3.05, 3.63) is 16.7 Å². The lowest BCUT2D eigenvalue weighted by molar-refractivity contribution is 0.192. The minimum Gasteiger partial charge on any atom is -0.396 e. The fourth-order valence-electron chi connectivity index (χ4n) is 1.36. The highest BCUT2D eigenvalue weighted by Crippen LogP contribution is 2.19. The van der Waals surface area contributed by atoms with Crippen molar-refractivity contribution in [1.82, 2.24) is 4.98 Å². The van der Waals surface area contributed by atoms with Gasteiger partial charge >= 0.3 is 0 Å². The molecule has 1 heterocycles. The molecule has 0 aliphatic carbocycles. The first-order valence-electron chi connectivity index (χ1n) is 5.38. The molecule has 1 rings (SSSR count). The molecule has 0 unspecified atom stereocenters. The number of ether oxygens (including phenoxy) is 1. The molecule has 0 fully saturated rings. The maximum Gasteiger partial charge on any atom is 0.149 e. The maximum atomic E-state index is 5.81. The van der Waals surface area contributed by atoms with Crippen molar-refractivity contribution in [2.45, 2.75) is 19.3 Å². The van der Waals surface area contributed by atoms with Crippen LogP contribution >= 0.6 is 15.9 Å². The zero-order chi connectivity index (χ0) is 11.8. The molecule has 0 aliphatic heterocycles. The van der Waals surface area contributed by atoms with E-state index in [0.29, 0.717) is 5.69 Å². The molecule has 16 heavy (non-hydrogen) atoms. The molecule has 4 nitrogen and oxygen atoms in total. The summed E-state index contributed by atoms with van der Waals surface area (Å²) in [5, 5.41) is 3.22. The Morgan fingerprint density at radius 1 is 1.44 bits per heavy atom. The number of nitrogens with one attached hydrogen (secondary N) is 1. The van der Waals surface area contributed by atoms with Crippen molar-refractivity contribution in [1.29, 1.82) is 0 Å². The standard InChI is InChI=1S/C11H18BrN3O/c1-16-6-4-2-3-5-14-11-10(13)7-9(12)8-15-11/h7-8H,2-6,13H2,1H3,(H,14,15). The lowest BCUT2D eigenvalue weighted by atomic mass is 10.2. The Morgan fingerprint density at radius 3 is 2.94 bits per heavy atom. The van der Waals surface area contributed by atoms with Crippen LogP contribution in [0.2, 0.25) is 0 Å². The van der Waals surface area contributed by atoms with Gasteiger partial charge in [0.1, 0.15) is 5.82 Å². The summed E-state index contributed by atoms with van der Waals surface area (Å²) < 4.78 is 5.88. The summed E-state index contributed by atoms with van der Waals surface area (Å²) >= 11 is 3.32. The van der Waals surface area contributed by atoms with Crippen molar-refractivity contribution >= 4 is 27.4 Å². The molecular weight excluding hydrogens is 270 g/mol. The molecular formula is C11H18BrN3O. The van der Waals surface area contributed by atoms with Crippen LogP contribution < -0.4 is 11.1 Å². The first kappa shape index (κ1) is 13.3. The molecule has 1 aromatic heterocycles. The number of hydrogen-bond acceptors (Lipinski definition) is 4. The van der Waals surface area contributed by atoms with Gasteiger partial charge in [-0.2, -0.15) is 0 Å². The SMILES string of the molecule is COCCCCCNc1ncc(Br)cc1N. The fraction of sp³-hybridized carbons (Fsp3) is 0.545. The van der Waals surface area contributed by atoms with Crippen molar-refractivity contribution in [3.8, 4) is 0 Å². The number of hydrogen-bond donors (Lipinski definition) is 2. The quantitative estimate of drug-likeness (QED) is 0.757. The van der Waals surface area contributed by atoms with Gasteiger partial charge in [-0.3, -0.25) is 0 Å². The van der Waals surface area contributed by atoms with Gasteiger partial charge in [0.15, 0.2) is 0 Å². The summed E-state index contributed by atoms with van der Waals surface area (Å²) in [5.41, 5.74) is 6.48. The van der Waals surface area contributed by atoms with E-state index in [1.54, 1.807) is 13.3 Å². The number of nitrogens with two attached hydrogens (primary N) is 1. The number of rotatable bonds is 7. The van der Waals surface area contributed by atoms with Crippen LogP contribution in [-0.2, 0) is 4.74 Å². The van der Waals surface area contributed by atoms with E-state index in [-0.39, 0.29) is 0 Å². The number of nitrogens with zero attached hydrogens (tertiary/aromatic N) is 1. The van der Waals surface area contributed by atoms with Crippen LogP contribution in [0.15, 0.2) is 16.7 Å². The maximum absolute atomic E-state index is 5.81. The predicted molar refractivity (Wildman–Crippen MR) is 70.6 cm³/mol. The van der Waals surface area contributed by atoms with Crippen molar-refractivity contribution in [3.63, 3.8) is 0 Å². The molecule has 0 spiro atoms. The predicted octanol–water partition coefficient (Wildman–Crippen LogP) is 2.65. The average molecular weight is 288 g/mol. The van der Waals surface area contributed by atoms with E-state index in [0.717, 1.165) is 42.7 Å². The van der Waals surface area contributed by atoms with Crippen molar-refractivity contribution < 1.29 is 4.74 Å². The van der Waals surface area contributed by atoms with Crippen LogP contribution in [0.4, 0.5) is 11.5 Å². The smallest absolute Gasteiger partial charge is 0.149 e. The zero-order valence-corrected chi connectivity index (χ0v) is 11.1. The second-order valence-electron chi connectivity index (χ2n) is 3.57. The number of unbranched alkanes of at least 4 members (excludes halogenated alkanes) is 2. The van der Waals surface area contributed by atoms with Gasteiger partial charge in [-0.1, -0.05) is 0 Å². The van der Waals surface area contributed by atoms with Crippen LogP contribution in [-0.4, -0.2) is 25.2 Å². The molecule has 0 atom stereocenters. The van der Waals surface area contributed by atoms with Crippen LogP contribution in [0, 0.1) is 0 Å². The van der Waals surface area contributed by atoms with Crippen molar-refractivity contribution in [2.24, 2.45) is 0 Å². The molecule has 0 aromatic carbocycles. The Hall–Kier alpha value is -0.810. The van der Waals surface area contributed by atoms with Crippen LogP contribution in [0.1, 0.15) is 19.3 Å². The second-order valence-corrected chi connectivity index (χ2v) is 4.49. The molecule has 1 aromatic rings. The Bertz CT molecular complexity index is 320. The molecule has 0 saturated carbocycles. The zero-order valence-electron chi connectivity index (χ0n) is 9.50. The molecule has 5 heteroatoms. The number of halogens is 1. The topological polar surface area (TPSA) is 60.2 Å². The van der Waals surface area contributed by atoms with Gasteiger partial charge < -0.3 is 15.8 Å². The number of pyridine rings is 1. The van der Waals surface area contributed by atoms with E-state index in [1.807, 2.05) is 6.07 Å². The highest BCUT2D eigenvalue weighted by atomic mass is 79.9. The summed E-state index contributed by atoms with van der Waals surface area (Å²) in [6, 6.07) is 1.85. The van der Waals surface area contributed by atoms with Crippen LogP contribution in [0.5, 0.6) is 0 Å². The van der Waals surface area contributed by atoms with Gasteiger partial charge in [0.2, 0.25) is 0 Å². The molecule has 3 N–H and O–H groups in total. The third-order valence-corrected chi connectivity index (χ3v) is 2.64. The third-order valence-electron chi connectivity index (χ3n) is 2.20. The molecule has 0 bridgehead atoms. The monoisotopic (exact) mass is 287 g/mol. The summed E-state index contributed by atoms with van der Waals surface area (Å²) in [5.74, 6) is 0.759. The van der Waals surface area contributed by atoms with Gasteiger partial charge in [0.25, 0.3) is 0 Å². The minimum absolute atomic E-state index is 0.672. The van der Waals surface area contributed by atoms with Gasteiger partial charge in [-0.25, -0.2) is 4.98 Å². The average Bonchev–Trinajstić information content (AvgIpc) is 2.26. The summed E-state index contributed by atoms with van der Waals surface area (Å²) in [7, 11) is 1.73. The Balaban J connectivity index is 2.21.